The predicted octanol–water partition coefficient (Wildman–Crippen LogP) is 1.43. The van der Waals surface area contributed by atoms with Gasteiger partial charge in [0.15, 0.2) is 0 Å². The van der Waals surface area contributed by atoms with Crippen molar-refractivity contribution in [3.05, 3.63) is 23.9 Å². The Labute approximate surface area is 68.5 Å². The molecule has 0 aromatic carbocycles. The molecule has 0 saturated carbocycles. The van der Waals surface area contributed by atoms with Crippen molar-refractivity contribution in [2.24, 2.45) is 0 Å². The average molecular weight is 170 g/mol. The van der Waals surface area contributed by atoms with Crippen molar-refractivity contribution in [2.75, 3.05) is 12.4 Å². The highest BCUT2D eigenvalue weighted by molar-refractivity contribution is 7.09. The zero-order valence-corrected chi connectivity index (χ0v) is 7.53. The fourth-order valence-electron chi connectivity index (χ4n) is 0.870. The van der Waals surface area contributed by atoms with Crippen molar-refractivity contribution in [1.29, 1.82) is 0 Å². The molecular weight excluding hydrogens is 159 g/mol. The Kier molecular flexibility index (Phi) is 3.27. The molecule has 0 aliphatic rings. The zero-order chi connectivity index (χ0) is 8.10. The van der Waals surface area contributed by atoms with Crippen LogP contribution in [0.2, 0.25) is 0 Å². The van der Waals surface area contributed by atoms with Crippen LogP contribution in [-0.4, -0.2) is 12.0 Å². The van der Waals surface area contributed by atoms with E-state index < -0.39 is 0 Å². The second kappa shape index (κ2) is 4.27. The average Bonchev–Trinajstić information content (AvgIpc) is 2.06. The molecule has 0 radical (unpaired) electrons. The third-order valence-corrected chi connectivity index (χ3v) is 1.53. The van der Waals surface area contributed by atoms with Gasteiger partial charge < -0.3 is 9.84 Å². The van der Waals surface area contributed by atoms with Crippen LogP contribution in [0.4, 0.5) is 5.82 Å². The molecule has 1 aromatic rings. The van der Waals surface area contributed by atoms with Crippen molar-refractivity contribution < 1.29 is 4.52 Å². The van der Waals surface area contributed by atoms with Crippen LogP contribution in [0.25, 0.3) is 0 Å². The number of nitrogens with one attached hydrogen (secondary N) is 1. The first kappa shape index (κ1) is 8.44. The summed E-state index contributed by atoms with van der Waals surface area (Å²) in [4.78, 5) is 4.12. The van der Waals surface area contributed by atoms with Crippen LogP contribution in [0.15, 0.2) is 18.3 Å². The molecule has 3 nitrogen and oxygen atoms in total. The number of pyridine rings is 1. The van der Waals surface area contributed by atoms with E-state index in [9.17, 15) is 0 Å². The van der Waals surface area contributed by atoms with Gasteiger partial charge in [-0.05, 0) is 6.07 Å². The predicted molar refractivity (Wildman–Crippen MR) is 48.3 cm³/mol. The van der Waals surface area contributed by atoms with E-state index >= 15 is 0 Å². The van der Waals surface area contributed by atoms with Gasteiger partial charge in [0.2, 0.25) is 0 Å². The summed E-state index contributed by atoms with van der Waals surface area (Å²) in [7, 11) is 4.06. The number of hydrogen-bond donors (Lipinski definition) is 1. The highest BCUT2D eigenvalue weighted by Crippen LogP contribution is 2.12. The maximum atomic E-state index is 4.91. The summed E-state index contributed by atoms with van der Waals surface area (Å²) in [6.07, 6.45) is 1.75. The van der Waals surface area contributed by atoms with Crippen molar-refractivity contribution >= 4 is 15.3 Å². The molecule has 0 bridgehead atoms. The van der Waals surface area contributed by atoms with Crippen LogP contribution in [-0.2, 0) is 11.1 Å². The summed E-state index contributed by atoms with van der Waals surface area (Å²) in [5.74, 6) is 0.870. The SMILES string of the molecule is CNc1ncccc1COP. The monoisotopic (exact) mass is 170 g/mol. The normalized spacial score (nSPS) is 9.64. The summed E-state index contributed by atoms with van der Waals surface area (Å²) < 4.78 is 4.91. The minimum Gasteiger partial charge on any atom is -0.373 e. The van der Waals surface area contributed by atoms with E-state index in [0.717, 1.165) is 11.4 Å². The maximum absolute atomic E-state index is 4.91. The molecule has 4 heteroatoms. The largest absolute Gasteiger partial charge is 0.373 e. The van der Waals surface area contributed by atoms with Gasteiger partial charge in [-0.2, -0.15) is 0 Å². The van der Waals surface area contributed by atoms with Gasteiger partial charge in [0.25, 0.3) is 0 Å². The summed E-state index contributed by atoms with van der Waals surface area (Å²) in [6.45, 7) is 0.564. The molecule has 0 saturated heterocycles. The van der Waals surface area contributed by atoms with Crippen LogP contribution >= 0.6 is 9.47 Å². The molecule has 1 aromatic heterocycles. The molecule has 1 N–H and O–H groups in total. The molecule has 0 aliphatic heterocycles. The first-order chi connectivity index (χ1) is 5.38. The smallest absolute Gasteiger partial charge is 0.131 e. The molecular formula is C7H11N2OP. The highest BCUT2D eigenvalue weighted by Gasteiger charge is 1.98. The molecule has 1 heterocycles. The van der Waals surface area contributed by atoms with Gasteiger partial charge in [-0.1, -0.05) is 6.07 Å². The van der Waals surface area contributed by atoms with Crippen molar-refractivity contribution in [2.45, 2.75) is 6.61 Å². The molecule has 1 atom stereocenters. The summed E-state index contributed by atoms with van der Waals surface area (Å²) in [5.41, 5.74) is 1.06. The Balaban J connectivity index is 2.83. The third-order valence-electron chi connectivity index (χ3n) is 1.37. The van der Waals surface area contributed by atoms with Crippen LogP contribution in [0, 0.1) is 0 Å². The lowest BCUT2D eigenvalue weighted by Crippen LogP contribution is -1.97. The van der Waals surface area contributed by atoms with Gasteiger partial charge in [0.05, 0.1) is 6.61 Å². The van der Waals surface area contributed by atoms with Crippen LogP contribution in [0.3, 0.4) is 0 Å². The lowest BCUT2D eigenvalue weighted by atomic mass is 10.3. The van der Waals surface area contributed by atoms with Gasteiger partial charge in [-0.3, -0.25) is 0 Å². The Morgan fingerprint density at radius 1 is 1.73 bits per heavy atom. The van der Waals surface area contributed by atoms with Gasteiger partial charge in [-0.25, -0.2) is 4.98 Å². The van der Waals surface area contributed by atoms with E-state index in [-0.39, 0.29) is 0 Å². The second-order valence-electron chi connectivity index (χ2n) is 2.07. The van der Waals surface area contributed by atoms with E-state index in [1.807, 2.05) is 19.2 Å². The van der Waals surface area contributed by atoms with E-state index in [2.05, 4.69) is 19.8 Å². The standard InChI is InChI=1S/C7H11N2OP/c1-8-7-6(5-10-11)3-2-4-9-7/h2-4H,5,11H2,1H3,(H,8,9). The van der Waals surface area contributed by atoms with E-state index in [1.165, 1.54) is 0 Å². The van der Waals surface area contributed by atoms with Gasteiger partial charge in [-0.15, -0.1) is 0 Å². The Morgan fingerprint density at radius 2 is 2.55 bits per heavy atom. The summed E-state index contributed by atoms with van der Waals surface area (Å²) in [6, 6.07) is 3.86. The Morgan fingerprint density at radius 3 is 3.18 bits per heavy atom. The first-order valence-electron chi connectivity index (χ1n) is 3.32. The minimum absolute atomic E-state index is 0.564. The lowest BCUT2D eigenvalue weighted by Gasteiger charge is -2.04. The molecule has 0 spiro atoms. The van der Waals surface area contributed by atoms with E-state index in [4.69, 9.17) is 4.52 Å². The fraction of sp³-hybridized carbons (Fsp3) is 0.286. The summed E-state index contributed by atoms with van der Waals surface area (Å²) >= 11 is 0. The Hall–Kier alpha value is -0.660. The topological polar surface area (TPSA) is 34.2 Å². The fourth-order valence-corrected chi connectivity index (χ4v) is 1.05. The number of anilines is 1. The van der Waals surface area contributed by atoms with Crippen molar-refractivity contribution in [3.8, 4) is 0 Å². The number of hydrogen-bond acceptors (Lipinski definition) is 3. The van der Waals surface area contributed by atoms with Crippen LogP contribution in [0.1, 0.15) is 5.56 Å². The van der Waals surface area contributed by atoms with Gasteiger partial charge >= 0.3 is 0 Å². The lowest BCUT2D eigenvalue weighted by molar-refractivity contribution is 0.362. The molecule has 0 amide bonds. The van der Waals surface area contributed by atoms with E-state index in [0.29, 0.717) is 6.61 Å². The maximum Gasteiger partial charge on any atom is 0.131 e. The van der Waals surface area contributed by atoms with Gasteiger partial charge in [0, 0.05) is 28.3 Å². The molecule has 0 aliphatic carbocycles. The molecule has 60 valence electrons. The van der Waals surface area contributed by atoms with Crippen molar-refractivity contribution in [3.63, 3.8) is 0 Å². The molecule has 0 fully saturated rings. The number of nitrogens with zero attached hydrogens (tertiary/aromatic N) is 1. The molecule has 1 rings (SSSR count). The minimum atomic E-state index is 0.564. The Bertz CT molecular complexity index is 229. The quantitative estimate of drug-likeness (QED) is 0.697. The van der Waals surface area contributed by atoms with Gasteiger partial charge in [0.1, 0.15) is 5.82 Å². The third kappa shape index (κ3) is 2.14. The second-order valence-corrected chi connectivity index (χ2v) is 2.41. The summed E-state index contributed by atoms with van der Waals surface area (Å²) in [5, 5.41) is 2.98. The first-order valence-corrected chi connectivity index (χ1v) is 3.79. The van der Waals surface area contributed by atoms with Crippen LogP contribution < -0.4 is 5.32 Å². The number of aromatic nitrogens is 1. The van der Waals surface area contributed by atoms with Crippen molar-refractivity contribution in [1.82, 2.24) is 4.98 Å². The molecule has 1 unspecified atom stereocenters. The molecule has 11 heavy (non-hydrogen) atoms. The van der Waals surface area contributed by atoms with E-state index in [1.54, 1.807) is 6.20 Å². The number of rotatable bonds is 3. The van der Waals surface area contributed by atoms with Crippen LogP contribution in [0.5, 0.6) is 0 Å². The highest BCUT2D eigenvalue weighted by atomic mass is 31.0. The zero-order valence-electron chi connectivity index (χ0n) is 6.37.